The number of ketones is 1. The molecule has 0 atom stereocenters. The highest BCUT2D eigenvalue weighted by Gasteiger charge is 2.09. The molecule has 0 aromatic heterocycles. The lowest BCUT2D eigenvalue weighted by atomic mass is 10.1. The van der Waals surface area contributed by atoms with Gasteiger partial charge in [-0.05, 0) is 24.6 Å². The molecular weight excluding hydrogens is 236 g/mol. The predicted molar refractivity (Wildman–Crippen MR) is 64.9 cm³/mol. The van der Waals surface area contributed by atoms with Gasteiger partial charge in [-0.15, -0.1) is 0 Å². The molecule has 0 saturated carbocycles. The van der Waals surface area contributed by atoms with Gasteiger partial charge >= 0.3 is 5.97 Å². The molecular formula is C13H16O5. The van der Waals surface area contributed by atoms with Gasteiger partial charge in [-0.1, -0.05) is 6.07 Å². The van der Waals surface area contributed by atoms with Crippen molar-refractivity contribution >= 4 is 11.8 Å². The average molecular weight is 252 g/mol. The third-order valence-electron chi connectivity index (χ3n) is 2.25. The van der Waals surface area contributed by atoms with Gasteiger partial charge in [0.1, 0.15) is 5.78 Å². The lowest BCUT2D eigenvalue weighted by molar-refractivity contribution is -0.142. The van der Waals surface area contributed by atoms with E-state index >= 15 is 0 Å². The van der Waals surface area contributed by atoms with E-state index < -0.39 is 5.97 Å². The van der Waals surface area contributed by atoms with Gasteiger partial charge in [0.05, 0.1) is 14.2 Å². The second-order valence-electron chi connectivity index (χ2n) is 3.73. The summed E-state index contributed by atoms with van der Waals surface area (Å²) in [7, 11) is 2.79. The number of benzene rings is 1. The van der Waals surface area contributed by atoms with Gasteiger partial charge < -0.3 is 14.2 Å². The van der Waals surface area contributed by atoms with Crippen LogP contribution in [0, 0.1) is 0 Å². The second kappa shape index (κ2) is 6.64. The number of carbonyl (C=O) groups is 2. The molecule has 18 heavy (non-hydrogen) atoms. The van der Waals surface area contributed by atoms with E-state index in [4.69, 9.17) is 9.47 Å². The quantitative estimate of drug-likeness (QED) is 0.716. The van der Waals surface area contributed by atoms with Gasteiger partial charge in [-0.3, -0.25) is 4.79 Å². The molecule has 5 nitrogen and oxygen atoms in total. The smallest absolute Gasteiger partial charge is 0.343 e. The van der Waals surface area contributed by atoms with Crippen LogP contribution in [-0.4, -0.2) is 32.6 Å². The maximum Gasteiger partial charge on any atom is 0.343 e. The van der Waals surface area contributed by atoms with Crippen LogP contribution in [0.2, 0.25) is 0 Å². The Kier molecular flexibility index (Phi) is 5.17. The number of ether oxygens (including phenoxy) is 3. The third-order valence-corrected chi connectivity index (χ3v) is 2.25. The Morgan fingerprint density at radius 1 is 1.17 bits per heavy atom. The second-order valence-corrected chi connectivity index (χ2v) is 3.73. The molecule has 0 spiro atoms. The third kappa shape index (κ3) is 4.08. The number of carbonyl (C=O) groups excluding carboxylic acids is 2. The Morgan fingerprint density at radius 3 is 2.44 bits per heavy atom. The van der Waals surface area contributed by atoms with Crippen LogP contribution in [0.3, 0.4) is 0 Å². The summed E-state index contributed by atoms with van der Waals surface area (Å²) in [4.78, 5) is 22.1. The van der Waals surface area contributed by atoms with E-state index in [0.717, 1.165) is 5.56 Å². The van der Waals surface area contributed by atoms with Gasteiger partial charge in [0.15, 0.2) is 18.1 Å². The van der Waals surface area contributed by atoms with E-state index in [1.165, 1.54) is 21.1 Å². The van der Waals surface area contributed by atoms with E-state index in [2.05, 4.69) is 4.74 Å². The Balaban J connectivity index is 2.84. The minimum Gasteiger partial charge on any atom is -0.493 e. The normalized spacial score (nSPS) is 9.72. The van der Waals surface area contributed by atoms with Crippen LogP contribution in [0.4, 0.5) is 0 Å². The summed E-state index contributed by atoms with van der Waals surface area (Å²) in [5.41, 5.74) is 0.808. The average Bonchev–Trinajstić information content (AvgIpc) is 2.35. The largest absolute Gasteiger partial charge is 0.493 e. The molecule has 0 aliphatic rings. The highest BCUT2D eigenvalue weighted by molar-refractivity contribution is 5.78. The van der Waals surface area contributed by atoms with Crippen LogP contribution in [0.5, 0.6) is 11.5 Å². The Hall–Kier alpha value is -2.04. The molecule has 0 aliphatic carbocycles. The maximum absolute atomic E-state index is 11.0. The lowest BCUT2D eigenvalue weighted by Crippen LogP contribution is -2.13. The topological polar surface area (TPSA) is 61.8 Å². The molecule has 0 radical (unpaired) electrons. The van der Waals surface area contributed by atoms with Crippen molar-refractivity contribution in [2.75, 3.05) is 20.8 Å². The van der Waals surface area contributed by atoms with Crippen LogP contribution in [0.15, 0.2) is 18.2 Å². The Morgan fingerprint density at radius 2 is 1.89 bits per heavy atom. The molecule has 0 N–H and O–H groups in total. The first-order chi connectivity index (χ1) is 8.56. The van der Waals surface area contributed by atoms with Crippen molar-refractivity contribution in [3.63, 3.8) is 0 Å². The number of esters is 1. The van der Waals surface area contributed by atoms with Gasteiger partial charge in [-0.2, -0.15) is 0 Å². The molecule has 0 bridgehead atoms. The Bertz CT molecular complexity index is 439. The van der Waals surface area contributed by atoms with E-state index in [-0.39, 0.29) is 12.4 Å². The molecule has 5 heteroatoms. The fourth-order valence-corrected chi connectivity index (χ4v) is 1.43. The SMILES string of the molecule is COC(=O)COc1cc(CC(C)=O)ccc1OC. The molecule has 1 aromatic rings. The molecule has 0 amide bonds. The summed E-state index contributed by atoms with van der Waals surface area (Å²) in [6, 6.07) is 5.17. The standard InChI is InChI=1S/C13H16O5/c1-9(14)6-10-4-5-11(16-2)12(7-10)18-8-13(15)17-3/h4-5,7H,6,8H2,1-3H3. The van der Waals surface area contributed by atoms with Crippen LogP contribution in [0.1, 0.15) is 12.5 Å². The van der Waals surface area contributed by atoms with Gasteiger partial charge in [0.2, 0.25) is 0 Å². The summed E-state index contributed by atoms with van der Waals surface area (Å²) < 4.78 is 14.9. The molecule has 1 aromatic carbocycles. The van der Waals surface area contributed by atoms with Gasteiger partial charge in [0.25, 0.3) is 0 Å². The first-order valence-corrected chi connectivity index (χ1v) is 5.42. The monoisotopic (exact) mass is 252 g/mol. The van der Waals surface area contributed by atoms with Crippen LogP contribution >= 0.6 is 0 Å². The first-order valence-electron chi connectivity index (χ1n) is 5.42. The van der Waals surface area contributed by atoms with Crippen molar-refractivity contribution in [1.82, 2.24) is 0 Å². The number of Topliss-reactive ketones (excluding diaryl/α,β-unsaturated/α-hetero) is 1. The predicted octanol–water partition coefficient (Wildman–Crippen LogP) is 1.38. The van der Waals surface area contributed by atoms with Crippen LogP contribution in [-0.2, 0) is 20.7 Å². The van der Waals surface area contributed by atoms with E-state index in [1.54, 1.807) is 18.2 Å². The molecule has 0 unspecified atom stereocenters. The zero-order chi connectivity index (χ0) is 13.5. The summed E-state index contributed by atoms with van der Waals surface area (Å²) >= 11 is 0. The summed E-state index contributed by atoms with van der Waals surface area (Å²) in [5.74, 6) is 0.501. The number of methoxy groups -OCH3 is 2. The van der Waals surface area contributed by atoms with Crippen LogP contribution in [0.25, 0.3) is 0 Å². The van der Waals surface area contributed by atoms with E-state index in [0.29, 0.717) is 17.9 Å². The summed E-state index contributed by atoms with van der Waals surface area (Å²) in [6.07, 6.45) is 0.318. The Labute approximate surface area is 106 Å². The van der Waals surface area contributed by atoms with Crippen molar-refractivity contribution in [2.45, 2.75) is 13.3 Å². The van der Waals surface area contributed by atoms with Gasteiger partial charge in [-0.25, -0.2) is 4.79 Å². The highest BCUT2D eigenvalue weighted by atomic mass is 16.6. The van der Waals surface area contributed by atoms with Crippen molar-refractivity contribution in [2.24, 2.45) is 0 Å². The highest BCUT2D eigenvalue weighted by Crippen LogP contribution is 2.28. The van der Waals surface area contributed by atoms with Gasteiger partial charge in [0, 0.05) is 6.42 Å². The molecule has 0 saturated heterocycles. The molecule has 0 fully saturated rings. The number of hydrogen-bond donors (Lipinski definition) is 0. The minimum atomic E-state index is -0.478. The van der Waals surface area contributed by atoms with Crippen molar-refractivity contribution < 1.29 is 23.8 Å². The molecule has 98 valence electrons. The molecule has 0 aliphatic heterocycles. The van der Waals surface area contributed by atoms with Crippen molar-refractivity contribution in [3.05, 3.63) is 23.8 Å². The van der Waals surface area contributed by atoms with Crippen molar-refractivity contribution in [3.8, 4) is 11.5 Å². The number of rotatable bonds is 6. The minimum absolute atomic E-state index is 0.0547. The van der Waals surface area contributed by atoms with E-state index in [9.17, 15) is 9.59 Å². The van der Waals surface area contributed by atoms with Crippen LogP contribution < -0.4 is 9.47 Å². The fourth-order valence-electron chi connectivity index (χ4n) is 1.43. The lowest BCUT2D eigenvalue weighted by Gasteiger charge is -2.11. The summed E-state index contributed by atoms with van der Waals surface area (Å²) in [6.45, 7) is 1.32. The first kappa shape index (κ1) is 14.0. The maximum atomic E-state index is 11.0. The molecule has 1 rings (SSSR count). The van der Waals surface area contributed by atoms with E-state index in [1.807, 2.05) is 0 Å². The fraction of sp³-hybridized carbons (Fsp3) is 0.385. The van der Waals surface area contributed by atoms with Crippen molar-refractivity contribution in [1.29, 1.82) is 0 Å². The zero-order valence-electron chi connectivity index (χ0n) is 10.7. The summed E-state index contributed by atoms with van der Waals surface area (Å²) in [5, 5.41) is 0. The zero-order valence-corrected chi connectivity index (χ0v) is 10.7. The molecule has 0 heterocycles. The number of hydrogen-bond acceptors (Lipinski definition) is 5.